The Balaban J connectivity index is 1.77. The van der Waals surface area contributed by atoms with E-state index in [-0.39, 0.29) is 5.56 Å². The van der Waals surface area contributed by atoms with E-state index in [1.807, 2.05) is 25.1 Å². The zero-order valence-corrected chi connectivity index (χ0v) is 12.9. The quantitative estimate of drug-likeness (QED) is 0.572. The number of anilines is 1. The lowest BCUT2D eigenvalue weighted by molar-refractivity contribution is 0.585. The molecule has 0 saturated heterocycles. The van der Waals surface area contributed by atoms with Gasteiger partial charge in [-0.3, -0.25) is 10.4 Å². The van der Waals surface area contributed by atoms with Crippen LogP contribution in [0.3, 0.4) is 0 Å². The number of hydrogen-bond acceptors (Lipinski definition) is 5. The SMILES string of the molecule is C/C(=N\Nc1nc(-c2ccc(F)cc2F)cs1)c1ccccn1. The summed E-state index contributed by atoms with van der Waals surface area (Å²) in [6.07, 6.45) is 1.69. The molecule has 0 aliphatic heterocycles. The fourth-order valence-corrected chi connectivity index (χ4v) is 2.56. The van der Waals surface area contributed by atoms with Crippen LogP contribution in [0.25, 0.3) is 11.3 Å². The molecule has 0 bridgehead atoms. The van der Waals surface area contributed by atoms with Crippen LogP contribution in [0.1, 0.15) is 12.6 Å². The third-order valence-corrected chi connectivity index (χ3v) is 3.81. The summed E-state index contributed by atoms with van der Waals surface area (Å²) < 4.78 is 26.7. The highest BCUT2D eigenvalue weighted by Crippen LogP contribution is 2.27. The van der Waals surface area contributed by atoms with Crippen LogP contribution >= 0.6 is 11.3 Å². The number of pyridine rings is 1. The molecular formula is C16H12F2N4S. The Bertz CT molecular complexity index is 846. The van der Waals surface area contributed by atoms with E-state index in [0.717, 1.165) is 11.8 Å². The zero-order chi connectivity index (χ0) is 16.2. The van der Waals surface area contributed by atoms with Gasteiger partial charge in [0.05, 0.1) is 17.1 Å². The Labute approximate surface area is 135 Å². The number of hydrazone groups is 1. The molecule has 0 aliphatic rings. The Morgan fingerprint density at radius 1 is 1.22 bits per heavy atom. The smallest absolute Gasteiger partial charge is 0.203 e. The predicted molar refractivity (Wildman–Crippen MR) is 87.5 cm³/mol. The molecule has 116 valence electrons. The first kappa shape index (κ1) is 15.2. The first-order chi connectivity index (χ1) is 11.1. The fourth-order valence-electron chi connectivity index (χ4n) is 1.91. The van der Waals surface area contributed by atoms with E-state index in [0.29, 0.717) is 16.5 Å². The first-order valence-electron chi connectivity index (χ1n) is 6.76. The van der Waals surface area contributed by atoms with Gasteiger partial charge < -0.3 is 0 Å². The average Bonchev–Trinajstić information content (AvgIpc) is 3.02. The van der Waals surface area contributed by atoms with Crippen LogP contribution in [0.5, 0.6) is 0 Å². The summed E-state index contributed by atoms with van der Waals surface area (Å²) in [5.74, 6) is -1.26. The molecule has 0 atom stereocenters. The highest BCUT2D eigenvalue weighted by atomic mass is 32.1. The maximum Gasteiger partial charge on any atom is 0.203 e. The number of aromatic nitrogens is 2. The van der Waals surface area contributed by atoms with E-state index in [1.165, 1.54) is 23.5 Å². The minimum absolute atomic E-state index is 0.251. The monoisotopic (exact) mass is 330 g/mol. The molecule has 23 heavy (non-hydrogen) atoms. The summed E-state index contributed by atoms with van der Waals surface area (Å²) in [4.78, 5) is 8.44. The van der Waals surface area contributed by atoms with Crippen molar-refractivity contribution in [2.24, 2.45) is 5.10 Å². The molecule has 0 unspecified atom stereocenters. The van der Waals surface area contributed by atoms with Crippen molar-refractivity contribution in [3.63, 3.8) is 0 Å². The van der Waals surface area contributed by atoms with Gasteiger partial charge in [-0.25, -0.2) is 13.8 Å². The van der Waals surface area contributed by atoms with Crippen LogP contribution in [0.2, 0.25) is 0 Å². The van der Waals surface area contributed by atoms with Gasteiger partial charge in [0.2, 0.25) is 5.13 Å². The van der Waals surface area contributed by atoms with Gasteiger partial charge >= 0.3 is 0 Å². The molecule has 0 spiro atoms. The van der Waals surface area contributed by atoms with Crippen molar-refractivity contribution in [2.75, 3.05) is 5.43 Å². The zero-order valence-electron chi connectivity index (χ0n) is 12.1. The van der Waals surface area contributed by atoms with Crippen molar-refractivity contribution in [1.29, 1.82) is 0 Å². The number of nitrogens with one attached hydrogen (secondary N) is 1. The summed E-state index contributed by atoms with van der Waals surface area (Å²) in [5, 5.41) is 6.40. The molecule has 4 nitrogen and oxygen atoms in total. The largest absolute Gasteiger partial charge is 0.255 e. The van der Waals surface area contributed by atoms with E-state index < -0.39 is 11.6 Å². The molecule has 2 aromatic heterocycles. The number of nitrogens with zero attached hydrogens (tertiary/aromatic N) is 3. The molecule has 7 heteroatoms. The van der Waals surface area contributed by atoms with Crippen LogP contribution in [0, 0.1) is 11.6 Å². The second-order valence-corrected chi connectivity index (χ2v) is 5.54. The number of rotatable bonds is 4. The minimum atomic E-state index is -0.644. The molecule has 0 saturated carbocycles. The van der Waals surface area contributed by atoms with Crippen LogP contribution < -0.4 is 5.43 Å². The standard InChI is InChI=1S/C16H12F2N4S/c1-10(14-4-2-3-7-19-14)21-22-16-20-15(9-23-16)12-6-5-11(17)8-13(12)18/h2-9H,1H3,(H,20,22)/b21-10+. The third-order valence-electron chi connectivity index (χ3n) is 3.07. The molecule has 3 rings (SSSR count). The van der Waals surface area contributed by atoms with E-state index in [1.54, 1.807) is 11.6 Å². The molecule has 2 heterocycles. The summed E-state index contributed by atoms with van der Waals surface area (Å²) in [6.45, 7) is 1.82. The Kier molecular flexibility index (Phi) is 4.38. The summed E-state index contributed by atoms with van der Waals surface area (Å²) in [6, 6.07) is 8.96. The Morgan fingerprint density at radius 3 is 2.83 bits per heavy atom. The summed E-state index contributed by atoms with van der Waals surface area (Å²) in [5.41, 5.74) is 4.96. The van der Waals surface area contributed by atoms with Crippen molar-refractivity contribution in [3.8, 4) is 11.3 Å². The van der Waals surface area contributed by atoms with Crippen molar-refractivity contribution in [3.05, 3.63) is 65.3 Å². The second kappa shape index (κ2) is 6.62. The summed E-state index contributed by atoms with van der Waals surface area (Å²) >= 11 is 1.28. The molecule has 0 amide bonds. The minimum Gasteiger partial charge on any atom is -0.255 e. The molecule has 1 aromatic carbocycles. The fraction of sp³-hybridized carbons (Fsp3) is 0.0625. The lowest BCUT2D eigenvalue weighted by atomic mass is 10.1. The van der Waals surface area contributed by atoms with Gasteiger partial charge in [0.25, 0.3) is 0 Å². The lowest BCUT2D eigenvalue weighted by Gasteiger charge is -2.00. The highest BCUT2D eigenvalue weighted by Gasteiger charge is 2.10. The normalized spacial score (nSPS) is 11.5. The first-order valence-corrected chi connectivity index (χ1v) is 7.64. The number of hydrogen-bond donors (Lipinski definition) is 1. The van der Waals surface area contributed by atoms with Crippen LogP contribution in [0.4, 0.5) is 13.9 Å². The molecule has 0 aliphatic carbocycles. The Morgan fingerprint density at radius 2 is 2.09 bits per heavy atom. The Hall–Kier alpha value is -2.67. The van der Waals surface area contributed by atoms with Gasteiger partial charge in [-0.1, -0.05) is 6.07 Å². The van der Waals surface area contributed by atoms with Gasteiger partial charge in [0.1, 0.15) is 11.6 Å². The molecule has 1 N–H and O–H groups in total. The van der Waals surface area contributed by atoms with E-state index in [4.69, 9.17) is 0 Å². The van der Waals surface area contributed by atoms with E-state index >= 15 is 0 Å². The van der Waals surface area contributed by atoms with Gasteiger partial charge in [-0.05, 0) is 31.2 Å². The average molecular weight is 330 g/mol. The third kappa shape index (κ3) is 3.57. The summed E-state index contributed by atoms with van der Waals surface area (Å²) in [7, 11) is 0. The molecule has 0 fully saturated rings. The van der Waals surface area contributed by atoms with Crippen LogP contribution in [-0.4, -0.2) is 15.7 Å². The number of thiazole rings is 1. The van der Waals surface area contributed by atoms with Crippen molar-refractivity contribution >= 4 is 22.2 Å². The second-order valence-electron chi connectivity index (χ2n) is 4.69. The van der Waals surface area contributed by atoms with Crippen LogP contribution in [-0.2, 0) is 0 Å². The number of benzene rings is 1. The van der Waals surface area contributed by atoms with Gasteiger partial charge in [0, 0.05) is 23.2 Å². The van der Waals surface area contributed by atoms with Crippen LogP contribution in [0.15, 0.2) is 53.1 Å². The van der Waals surface area contributed by atoms with E-state index in [2.05, 4.69) is 20.5 Å². The highest BCUT2D eigenvalue weighted by molar-refractivity contribution is 7.14. The van der Waals surface area contributed by atoms with Gasteiger partial charge in [0.15, 0.2) is 0 Å². The molecule has 0 radical (unpaired) electrons. The van der Waals surface area contributed by atoms with E-state index in [9.17, 15) is 8.78 Å². The van der Waals surface area contributed by atoms with Crippen molar-refractivity contribution in [2.45, 2.75) is 6.92 Å². The van der Waals surface area contributed by atoms with Crippen molar-refractivity contribution in [1.82, 2.24) is 9.97 Å². The molecular weight excluding hydrogens is 318 g/mol. The van der Waals surface area contributed by atoms with Crippen molar-refractivity contribution < 1.29 is 8.78 Å². The molecule has 3 aromatic rings. The maximum absolute atomic E-state index is 13.7. The predicted octanol–water partition coefficient (Wildman–Crippen LogP) is 4.32. The number of halogens is 2. The van der Waals surface area contributed by atoms with Gasteiger partial charge in [-0.15, -0.1) is 11.3 Å². The van der Waals surface area contributed by atoms with Gasteiger partial charge in [-0.2, -0.15) is 5.10 Å². The topological polar surface area (TPSA) is 50.2 Å². The lowest BCUT2D eigenvalue weighted by Crippen LogP contribution is -2.01. The maximum atomic E-state index is 13.7.